The van der Waals surface area contributed by atoms with Crippen molar-refractivity contribution in [2.24, 2.45) is 0 Å². The second-order valence-electron chi connectivity index (χ2n) is 7.30. The summed E-state index contributed by atoms with van der Waals surface area (Å²) in [5.74, 6) is -0.0622. The molecule has 2 heterocycles. The lowest BCUT2D eigenvalue weighted by Gasteiger charge is -2.32. The Balaban J connectivity index is 1.37. The number of hydrogen-bond acceptors (Lipinski definition) is 3. The first kappa shape index (κ1) is 18.9. The van der Waals surface area contributed by atoms with Crippen LogP contribution in [0.1, 0.15) is 39.3 Å². The van der Waals surface area contributed by atoms with E-state index in [1.54, 1.807) is 23.0 Å². The summed E-state index contributed by atoms with van der Waals surface area (Å²) in [5.41, 5.74) is 3.06. The summed E-state index contributed by atoms with van der Waals surface area (Å²) in [6, 6.07) is 19.1. The van der Waals surface area contributed by atoms with Crippen molar-refractivity contribution in [2.75, 3.05) is 13.1 Å². The van der Waals surface area contributed by atoms with Gasteiger partial charge in [-0.05, 0) is 44.0 Å². The fourth-order valence-electron chi connectivity index (χ4n) is 3.70. The Labute approximate surface area is 170 Å². The lowest BCUT2D eigenvalue weighted by Crippen LogP contribution is -2.46. The third-order valence-electron chi connectivity index (χ3n) is 5.39. The number of carbonyl (C=O) groups excluding carboxylic acids is 2. The number of aromatic nitrogens is 2. The molecule has 1 aliphatic rings. The molecule has 6 heteroatoms. The van der Waals surface area contributed by atoms with Crippen molar-refractivity contribution in [2.45, 2.75) is 25.8 Å². The molecule has 0 unspecified atom stereocenters. The minimum atomic E-state index is -0.0599. The molecule has 0 spiro atoms. The first-order valence-electron chi connectivity index (χ1n) is 9.88. The molecule has 0 atom stereocenters. The molecule has 1 aromatic heterocycles. The van der Waals surface area contributed by atoms with Gasteiger partial charge in [-0.15, -0.1) is 0 Å². The molecular formula is C23H24N4O2. The SMILES string of the molecule is Cc1c(C(=O)N2CCC(NC(=O)c3ccccc3)CC2)cnn1-c1ccccc1. The molecule has 2 amide bonds. The van der Waals surface area contributed by atoms with Crippen LogP contribution in [0.4, 0.5) is 0 Å². The van der Waals surface area contributed by atoms with Gasteiger partial charge in [-0.2, -0.15) is 5.10 Å². The van der Waals surface area contributed by atoms with E-state index in [0.717, 1.165) is 24.2 Å². The summed E-state index contributed by atoms with van der Waals surface area (Å²) < 4.78 is 1.79. The number of hydrogen-bond donors (Lipinski definition) is 1. The Bertz CT molecular complexity index is 990. The van der Waals surface area contributed by atoms with Crippen molar-refractivity contribution in [1.29, 1.82) is 0 Å². The zero-order valence-corrected chi connectivity index (χ0v) is 16.4. The van der Waals surface area contributed by atoms with Crippen LogP contribution in [-0.4, -0.2) is 45.6 Å². The Morgan fingerprint density at radius 1 is 0.966 bits per heavy atom. The van der Waals surface area contributed by atoms with E-state index in [0.29, 0.717) is 24.2 Å². The molecule has 1 aliphatic heterocycles. The molecule has 1 N–H and O–H groups in total. The first-order valence-corrected chi connectivity index (χ1v) is 9.88. The molecule has 148 valence electrons. The van der Waals surface area contributed by atoms with Crippen molar-refractivity contribution in [3.8, 4) is 5.69 Å². The molecular weight excluding hydrogens is 364 g/mol. The summed E-state index contributed by atoms with van der Waals surface area (Å²) in [7, 11) is 0. The highest BCUT2D eigenvalue weighted by atomic mass is 16.2. The van der Waals surface area contributed by atoms with Gasteiger partial charge in [0.05, 0.1) is 23.1 Å². The maximum absolute atomic E-state index is 13.0. The Morgan fingerprint density at radius 3 is 2.24 bits per heavy atom. The molecule has 0 bridgehead atoms. The van der Waals surface area contributed by atoms with Gasteiger partial charge in [0.1, 0.15) is 0 Å². The van der Waals surface area contributed by atoms with E-state index < -0.39 is 0 Å². The fraction of sp³-hybridized carbons (Fsp3) is 0.261. The molecule has 2 aromatic carbocycles. The van der Waals surface area contributed by atoms with Crippen molar-refractivity contribution in [3.63, 3.8) is 0 Å². The highest BCUT2D eigenvalue weighted by Gasteiger charge is 2.27. The monoisotopic (exact) mass is 388 g/mol. The lowest BCUT2D eigenvalue weighted by atomic mass is 10.0. The zero-order valence-electron chi connectivity index (χ0n) is 16.4. The number of nitrogens with one attached hydrogen (secondary N) is 1. The van der Waals surface area contributed by atoms with Crippen molar-refractivity contribution < 1.29 is 9.59 Å². The number of nitrogens with zero attached hydrogens (tertiary/aromatic N) is 3. The highest BCUT2D eigenvalue weighted by Crippen LogP contribution is 2.19. The van der Waals surface area contributed by atoms with Crippen LogP contribution in [0.5, 0.6) is 0 Å². The van der Waals surface area contributed by atoms with E-state index >= 15 is 0 Å². The fourth-order valence-corrected chi connectivity index (χ4v) is 3.70. The molecule has 6 nitrogen and oxygen atoms in total. The topological polar surface area (TPSA) is 67.2 Å². The molecule has 1 fully saturated rings. The summed E-state index contributed by atoms with van der Waals surface area (Å²) >= 11 is 0. The number of amides is 2. The van der Waals surface area contributed by atoms with Gasteiger partial charge in [0.25, 0.3) is 11.8 Å². The van der Waals surface area contributed by atoms with Gasteiger partial charge < -0.3 is 10.2 Å². The summed E-state index contributed by atoms with van der Waals surface area (Å²) in [5, 5.41) is 7.48. The molecule has 3 aromatic rings. The van der Waals surface area contributed by atoms with Gasteiger partial charge in [0.15, 0.2) is 0 Å². The minimum Gasteiger partial charge on any atom is -0.349 e. The van der Waals surface area contributed by atoms with Gasteiger partial charge in [0, 0.05) is 24.7 Å². The van der Waals surface area contributed by atoms with Crippen LogP contribution < -0.4 is 5.32 Å². The Kier molecular flexibility index (Phi) is 5.42. The number of rotatable bonds is 4. The number of carbonyl (C=O) groups is 2. The van der Waals surface area contributed by atoms with E-state index in [2.05, 4.69) is 10.4 Å². The van der Waals surface area contributed by atoms with Crippen LogP contribution in [0, 0.1) is 6.92 Å². The average Bonchev–Trinajstić information content (AvgIpc) is 3.16. The van der Waals surface area contributed by atoms with Crippen LogP contribution in [-0.2, 0) is 0 Å². The molecule has 29 heavy (non-hydrogen) atoms. The molecule has 0 saturated carbocycles. The van der Waals surface area contributed by atoms with E-state index in [4.69, 9.17) is 0 Å². The maximum atomic E-state index is 13.0. The normalized spacial score (nSPS) is 14.6. The van der Waals surface area contributed by atoms with E-state index in [1.165, 1.54) is 0 Å². The largest absolute Gasteiger partial charge is 0.349 e. The van der Waals surface area contributed by atoms with Gasteiger partial charge in [-0.3, -0.25) is 9.59 Å². The van der Waals surface area contributed by atoms with Crippen LogP contribution in [0.15, 0.2) is 66.9 Å². The van der Waals surface area contributed by atoms with E-state index in [9.17, 15) is 9.59 Å². The number of benzene rings is 2. The Morgan fingerprint density at radius 2 is 1.59 bits per heavy atom. The van der Waals surface area contributed by atoms with Gasteiger partial charge in [-0.25, -0.2) is 4.68 Å². The predicted octanol–water partition coefficient (Wildman–Crippen LogP) is 3.22. The molecule has 4 rings (SSSR count). The first-order chi connectivity index (χ1) is 14.1. The van der Waals surface area contributed by atoms with Gasteiger partial charge >= 0.3 is 0 Å². The third kappa shape index (κ3) is 4.06. The minimum absolute atomic E-state index is 0.00230. The van der Waals surface area contributed by atoms with Crippen LogP contribution in [0.3, 0.4) is 0 Å². The standard InChI is InChI=1S/C23H24N4O2/c1-17-21(16-24-27(17)20-10-6-3-7-11-20)23(29)26-14-12-19(13-15-26)25-22(28)18-8-4-2-5-9-18/h2-11,16,19H,12-15H2,1H3,(H,25,28). The second-order valence-corrected chi connectivity index (χ2v) is 7.30. The summed E-state index contributed by atoms with van der Waals surface area (Å²) in [4.78, 5) is 27.2. The average molecular weight is 388 g/mol. The smallest absolute Gasteiger partial charge is 0.257 e. The maximum Gasteiger partial charge on any atom is 0.257 e. The van der Waals surface area contributed by atoms with E-state index in [-0.39, 0.29) is 17.9 Å². The highest BCUT2D eigenvalue weighted by molar-refractivity contribution is 5.95. The van der Waals surface area contributed by atoms with Crippen molar-refractivity contribution in [1.82, 2.24) is 20.0 Å². The van der Waals surface area contributed by atoms with Crippen molar-refractivity contribution in [3.05, 3.63) is 83.7 Å². The van der Waals surface area contributed by atoms with Gasteiger partial charge in [-0.1, -0.05) is 36.4 Å². The Hall–Kier alpha value is -3.41. The predicted molar refractivity (Wildman–Crippen MR) is 111 cm³/mol. The summed E-state index contributed by atoms with van der Waals surface area (Å²) in [6.45, 7) is 3.16. The van der Waals surface area contributed by atoms with Crippen LogP contribution >= 0.6 is 0 Å². The molecule has 0 radical (unpaired) electrons. The lowest BCUT2D eigenvalue weighted by molar-refractivity contribution is 0.0697. The third-order valence-corrected chi connectivity index (χ3v) is 5.39. The number of likely N-dealkylation sites (tertiary alicyclic amines) is 1. The van der Waals surface area contributed by atoms with Gasteiger partial charge in [0.2, 0.25) is 0 Å². The number of piperidine rings is 1. The van der Waals surface area contributed by atoms with Crippen LogP contribution in [0.2, 0.25) is 0 Å². The molecule has 0 aliphatic carbocycles. The van der Waals surface area contributed by atoms with E-state index in [1.807, 2.05) is 60.4 Å². The quantitative estimate of drug-likeness (QED) is 0.746. The van der Waals surface area contributed by atoms with Crippen LogP contribution in [0.25, 0.3) is 5.69 Å². The summed E-state index contributed by atoms with van der Waals surface area (Å²) in [6.07, 6.45) is 3.14. The molecule has 1 saturated heterocycles. The second kappa shape index (κ2) is 8.31. The number of para-hydroxylation sites is 1. The van der Waals surface area contributed by atoms with Crippen molar-refractivity contribution >= 4 is 11.8 Å². The zero-order chi connectivity index (χ0) is 20.2.